The van der Waals surface area contributed by atoms with Crippen molar-refractivity contribution in [3.63, 3.8) is 0 Å². The molecule has 0 aliphatic carbocycles. The van der Waals surface area contributed by atoms with Gasteiger partial charge in [0.1, 0.15) is 5.75 Å². The van der Waals surface area contributed by atoms with Crippen molar-refractivity contribution in [2.75, 3.05) is 4.90 Å². The summed E-state index contributed by atoms with van der Waals surface area (Å²) in [5.41, 5.74) is 2.56. The number of ether oxygens (including phenoxy) is 1. The van der Waals surface area contributed by atoms with Crippen LogP contribution in [0.15, 0.2) is 84.9 Å². The van der Waals surface area contributed by atoms with Gasteiger partial charge in [-0.2, -0.15) is 0 Å². The van der Waals surface area contributed by atoms with Crippen molar-refractivity contribution >= 4 is 24.4 Å². The standard InChI is InChI=1S/C19H14F3NO.BH3O3/c20-19(21,22)24-18-13-11-17(12-14-18)23(15-7-3-1-4-8-15)16-9-5-2-6-10-16;2-1(3)4/h1-14H;2-4H. The molecule has 0 saturated carbocycles. The van der Waals surface area contributed by atoms with Gasteiger partial charge in [0, 0.05) is 17.1 Å². The van der Waals surface area contributed by atoms with E-state index in [0.717, 1.165) is 17.1 Å². The van der Waals surface area contributed by atoms with Gasteiger partial charge in [-0.15, -0.1) is 13.2 Å². The third-order valence-corrected chi connectivity index (χ3v) is 3.36. The van der Waals surface area contributed by atoms with Crippen molar-refractivity contribution in [1.29, 1.82) is 0 Å². The van der Waals surface area contributed by atoms with E-state index in [2.05, 4.69) is 4.74 Å². The largest absolute Gasteiger partial charge is 0.631 e. The molecule has 0 amide bonds. The van der Waals surface area contributed by atoms with E-state index in [1.807, 2.05) is 65.6 Å². The number of hydrogen-bond acceptors (Lipinski definition) is 5. The molecule has 3 rings (SSSR count). The molecule has 9 heteroatoms. The van der Waals surface area contributed by atoms with Crippen molar-refractivity contribution in [1.82, 2.24) is 0 Å². The Balaban J connectivity index is 0.000000640. The maximum Gasteiger partial charge on any atom is 0.631 e. The summed E-state index contributed by atoms with van der Waals surface area (Å²) in [4.78, 5) is 1.96. The zero-order chi connectivity index (χ0) is 20.6. The molecule has 0 saturated heterocycles. The summed E-state index contributed by atoms with van der Waals surface area (Å²) in [6, 6.07) is 25.0. The highest BCUT2D eigenvalue weighted by atomic mass is 19.4. The summed E-state index contributed by atoms with van der Waals surface area (Å²) < 4.78 is 40.8. The highest BCUT2D eigenvalue weighted by molar-refractivity contribution is 6.30. The molecule has 3 aromatic carbocycles. The molecule has 3 N–H and O–H groups in total. The minimum absolute atomic E-state index is 0.243. The van der Waals surface area contributed by atoms with E-state index in [1.54, 1.807) is 12.1 Å². The molecular formula is C19H17BF3NO4. The van der Waals surface area contributed by atoms with Crippen LogP contribution in [0.4, 0.5) is 30.2 Å². The lowest BCUT2D eigenvalue weighted by Gasteiger charge is -2.25. The minimum atomic E-state index is -4.69. The predicted octanol–water partition coefficient (Wildman–Crippen LogP) is 4.00. The Bertz CT molecular complexity index is 789. The predicted molar refractivity (Wildman–Crippen MR) is 100 cm³/mol. The molecule has 0 bridgehead atoms. The molecule has 3 aromatic rings. The van der Waals surface area contributed by atoms with Crippen molar-refractivity contribution in [3.8, 4) is 5.75 Å². The first-order valence-corrected chi connectivity index (χ1v) is 8.06. The van der Waals surface area contributed by atoms with Crippen LogP contribution < -0.4 is 9.64 Å². The first-order chi connectivity index (χ1) is 13.3. The monoisotopic (exact) mass is 391 g/mol. The zero-order valence-electron chi connectivity index (χ0n) is 14.5. The molecule has 0 aromatic heterocycles. The van der Waals surface area contributed by atoms with E-state index in [1.165, 1.54) is 12.1 Å². The number of alkyl halides is 3. The molecule has 28 heavy (non-hydrogen) atoms. The average molecular weight is 391 g/mol. The smallest absolute Gasteiger partial charge is 0.406 e. The summed E-state index contributed by atoms with van der Waals surface area (Å²) in [5, 5.41) is 21.5. The fourth-order valence-electron chi connectivity index (χ4n) is 2.40. The Morgan fingerprint density at radius 2 is 1.00 bits per heavy atom. The fourth-order valence-corrected chi connectivity index (χ4v) is 2.40. The summed E-state index contributed by atoms with van der Waals surface area (Å²) in [5.74, 6) is -0.243. The van der Waals surface area contributed by atoms with Crippen LogP contribution in [0, 0.1) is 0 Å². The second-order valence-electron chi connectivity index (χ2n) is 5.39. The lowest BCUT2D eigenvalue weighted by atomic mass is 10.2. The Morgan fingerprint density at radius 3 is 1.36 bits per heavy atom. The van der Waals surface area contributed by atoms with Crippen LogP contribution >= 0.6 is 0 Å². The first kappa shape index (κ1) is 21.3. The number of rotatable bonds is 4. The minimum Gasteiger partial charge on any atom is -0.406 e. The van der Waals surface area contributed by atoms with Gasteiger partial charge < -0.3 is 24.7 Å². The van der Waals surface area contributed by atoms with Crippen molar-refractivity contribution in [3.05, 3.63) is 84.9 Å². The normalized spacial score (nSPS) is 10.5. The highest BCUT2D eigenvalue weighted by Gasteiger charge is 2.31. The number of halogens is 3. The van der Waals surface area contributed by atoms with Crippen LogP contribution in [0.2, 0.25) is 0 Å². The summed E-state index contributed by atoms with van der Waals surface area (Å²) in [6.07, 6.45) is -4.69. The number of anilines is 3. The summed E-state index contributed by atoms with van der Waals surface area (Å²) in [6.45, 7) is 0. The molecule has 0 atom stereocenters. The van der Waals surface area contributed by atoms with Gasteiger partial charge in [-0.05, 0) is 48.5 Å². The van der Waals surface area contributed by atoms with Crippen molar-refractivity contribution in [2.24, 2.45) is 0 Å². The second kappa shape index (κ2) is 9.79. The van der Waals surface area contributed by atoms with E-state index < -0.39 is 13.7 Å². The molecule has 5 nitrogen and oxygen atoms in total. The van der Waals surface area contributed by atoms with Crippen LogP contribution in [0.3, 0.4) is 0 Å². The lowest BCUT2D eigenvalue weighted by molar-refractivity contribution is -0.274. The van der Waals surface area contributed by atoms with E-state index in [4.69, 9.17) is 15.1 Å². The summed E-state index contributed by atoms with van der Waals surface area (Å²) in [7, 11) is -2.17. The van der Waals surface area contributed by atoms with Gasteiger partial charge in [-0.1, -0.05) is 36.4 Å². The van der Waals surface area contributed by atoms with Crippen molar-refractivity contribution < 1.29 is 33.0 Å². The lowest BCUT2D eigenvalue weighted by Crippen LogP contribution is -2.17. The van der Waals surface area contributed by atoms with E-state index in [9.17, 15) is 13.2 Å². The van der Waals surface area contributed by atoms with Gasteiger partial charge >= 0.3 is 13.7 Å². The van der Waals surface area contributed by atoms with Gasteiger partial charge in [-0.3, -0.25) is 0 Å². The highest BCUT2D eigenvalue weighted by Crippen LogP contribution is 2.35. The van der Waals surface area contributed by atoms with Gasteiger partial charge in [0.2, 0.25) is 0 Å². The van der Waals surface area contributed by atoms with Gasteiger partial charge in [0.15, 0.2) is 0 Å². The third kappa shape index (κ3) is 6.95. The molecule has 0 aliphatic rings. The molecule has 0 radical (unpaired) electrons. The molecule has 0 heterocycles. The van der Waals surface area contributed by atoms with Crippen LogP contribution in [-0.4, -0.2) is 28.8 Å². The van der Waals surface area contributed by atoms with Gasteiger partial charge in [0.05, 0.1) is 0 Å². The van der Waals surface area contributed by atoms with Crippen LogP contribution in [-0.2, 0) is 0 Å². The topological polar surface area (TPSA) is 73.2 Å². The average Bonchev–Trinajstić information content (AvgIpc) is 2.64. The van der Waals surface area contributed by atoms with Crippen molar-refractivity contribution in [2.45, 2.75) is 6.36 Å². The Morgan fingerprint density at radius 1 is 0.643 bits per heavy atom. The quantitative estimate of drug-likeness (QED) is 0.587. The SMILES string of the molecule is FC(F)(F)Oc1ccc(N(c2ccccc2)c2ccccc2)cc1.OB(O)O. The number of nitrogens with zero attached hydrogens (tertiary/aromatic N) is 1. The van der Waals surface area contributed by atoms with Gasteiger partial charge in [-0.25, -0.2) is 0 Å². The van der Waals surface area contributed by atoms with Crippen LogP contribution in [0.5, 0.6) is 5.75 Å². The number of hydrogen-bond donors (Lipinski definition) is 3. The Hall–Kier alpha value is -3.01. The van der Waals surface area contributed by atoms with Crippen LogP contribution in [0.1, 0.15) is 0 Å². The molecule has 146 valence electrons. The second-order valence-corrected chi connectivity index (χ2v) is 5.39. The number of benzene rings is 3. The molecule has 0 aliphatic heterocycles. The molecule has 0 spiro atoms. The Labute approximate surface area is 160 Å². The maximum atomic E-state index is 12.3. The zero-order valence-corrected chi connectivity index (χ0v) is 14.5. The van der Waals surface area contributed by atoms with Crippen LogP contribution in [0.25, 0.3) is 0 Å². The fraction of sp³-hybridized carbons (Fsp3) is 0.0526. The maximum absolute atomic E-state index is 12.3. The molecule has 0 unspecified atom stereocenters. The third-order valence-electron chi connectivity index (χ3n) is 3.36. The first-order valence-electron chi connectivity index (χ1n) is 8.06. The number of para-hydroxylation sites is 2. The summed E-state index contributed by atoms with van der Waals surface area (Å²) >= 11 is 0. The molecule has 0 fully saturated rings. The molecular weight excluding hydrogens is 374 g/mol. The Kier molecular flexibility index (Phi) is 7.45. The van der Waals surface area contributed by atoms with E-state index >= 15 is 0 Å². The van der Waals surface area contributed by atoms with E-state index in [-0.39, 0.29) is 5.75 Å². The van der Waals surface area contributed by atoms with Gasteiger partial charge in [0.25, 0.3) is 0 Å². The van der Waals surface area contributed by atoms with E-state index in [0.29, 0.717) is 0 Å².